The van der Waals surface area contributed by atoms with Gasteiger partial charge in [-0.3, -0.25) is 9.59 Å². The van der Waals surface area contributed by atoms with Crippen LogP contribution in [0.4, 0.5) is 8.78 Å². The Morgan fingerprint density at radius 1 is 1.53 bits per heavy atom. The normalized spacial score (nSPS) is 20.8. The molecule has 1 unspecified atom stereocenters. The molecular weight excluding hydrogens is 278 g/mol. The maximum Gasteiger partial charge on any atom is 0.310 e. The number of carbonyl (C=O) groups excluding carboxylic acids is 2. The second-order valence-corrected chi connectivity index (χ2v) is 4.88. The fourth-order valence-electron chi connectivity index (χ4n) is 2.25. The minimum atomic E-state index is -3.46. The van der Waals surface area contributed by atoms with Crippen LogP contribution in [0.5, 0.6) is 0 Å². The highest BCUT2D eigenvalue weighted by molar-refractivity contribution is 6.30. The SMILES string of the molecule is COC(=O)CC1CC(F)(F)C(=O)c2ccc(Cl)cc21. The zero-order valence-corrected chi connectivity index (χ0v) is 10.8. The third-order valence-electron chi connectivity index (χ3n) is 3.17. The second kappa shape index (κ2) is 4.89. The van der Waals surface area contributed by atoms with E-state index in [2.05, 4.69) is 4.74 Å². The molecular formula is C13H11ClF2O3. The highest BCUT2D eigenvalue weighted by Gasteiger charge is 2.47. The molecule has 19 heavy (non-hydrogen) atoms. The van der Waals surface area contributed by atoms with Gasteiger partial charge in [0.2, 0.25) is 5.78 Å². The molecule has 0 radical (unpaired) electrons. The Balaban J connectivity index is 2.46. The lowest BCUT2D eigenvalue weighted by atomic mass is 9.78. The van der Waals surface area contributed by atoms with E-state index < -0.39 is 30.0 Å². The van der Waals surface area contributed by atoms with Crippen molar-refractivity contribution in [2.45, 2.75) is 24.7 Å². The molecule has 1 atom stereocenters. The summed E-state index contributed by atoms with van der Waals surface area (Å²) in [6.07, 6.45) is -0.902. The van der Waals surface area contributed by atoms with Crippen LogP contribution in [-0.4, -0.2) is 24.8 Å². The first-order valence-corrected chi connectivity index (χ1v) is 6.02. The molecule has 1 aromatic carbocycles. The number of rotatable bonds is 2. The van der Waals surface area contributed by atoms with Crippen LogP contribution in [0, 0.1) is 0 Å². The van der Waals surface area contributed by atoms with E-state index in [9.17, 15) is 18.4 Å². The number of benzene rings is 1. The molecule has 102 valence electrons. The van der Waals surface area contributed by atoms with Crippen molar-refractivity contribution >= 4 is 23.4 Å². The zero-order chi connectivity index (χ0) is 14.2. The lowest BCUT2D eigenvalue weighted by Crippen LogP contribution is -2.37. The van der Waals surface area contributed by atoms with Crippen LogP contribution < -0.4 is 0 Å². The van der Waals surface area contributed by atoms with Gasteiger partial charge in [0.1, 0.15) is 0 Å². The third-order valence-corrected chi connectivity index (χ3v) is 3.41. The Labute approximate surface area is 113 Å². The number of esters is 1. The summed E-state index contributed by atoms with van der Waals surface area (Å²) in [5.74, 6) is -6.05. The van der Waals surface area contributed by atoms with Crippen LogP contribution in [0.15, 0.2) is 18.2 Å². The maximum atomic E-state index is 13.6. The predicted molar refractivity (Wildman–Crippen MR) is 64.7 cm³/mol. The molecule has 6 heteroatoms. The zero-order valence-electron chi connectivity index (χ0n) is 10.1. The van der Waals surface area contributed by atoms with Crippen LogP contribution in [0.3, 0.4) is 0 Å². The fourth-order valence-corrected chi connectivity index (χ4v) is 2.43. The standard InChI is InChI=1S/C13H11ClF2O3/c1-19-11(17)4-7-6-13(15,16)12(18)9-3-2-8(14)5-10(7)9/h2-3,5,7H,4,6H2,1H3. The topological polar surface area (TPSA) is 43.4 Å². The van der Waals surface area contributed by atoms with Crippen molar-refractivity contribution in [3.8, 4) is 0 Å². The van der Waals surface area contributed by atoms with Crippen molar-refractivity contribution in [2.75, 3.05) is 7.11 Å². The van der Waals surface area contributed by atoms with Crippen molar-refractivity contribution in [1.29, 1.82) is 0 Å². The summed E-state index contributed by atoms with van der Waals surface area (Å²) in [5, 5.41) is 0.339. The predicted octanol–water partition coefficient (Wildman–Crippen LogP) is 3.21. The first-order valence-electron chi connectivity index (χ1n) is 5.64. The van der Waals surface area contributed by atoms with E-state index in [0.717, 1.165) is 0 Å². The number of fused-ring (bicyclic) bond motifs is 1. The Bertz CT molecular complexity index is 543. The van der Waals surface area contributed by atoms with Gasteiger partial charge in [-0.1, -0.05) is 11.6 Å². The van der Waals surface area contributed by atoms with Gasteiger partial charge in [-0.2, -0.15) is 8.78 Å². The van der Waals surface area contributed by atoms with Gasteiger partial charge >= 0.3 is 11.9 Å². The number of halogens is 3. The number of hydrogen-bond acceptors (Lipinski definition) is 3. The molecule has 0 aromatic heterocycles. The Morgan fingerprint density at radius 2 is 2.21 bits per heavy atom. The van der Waals surface area contributed by atoms with Gasteiger partial charge in [-0.15, -0.1) is 0 Å². The molecule has 0 amide bonds. The van der Waals surface area contributed by atoms with Gasteiger partial charge < -0.3 is 4.74 Å². The Morgan fingerprint density at radius 3 is 2.84 bits per heavy atom. The largest absolute Gasteiger partial charge is 0.469 e. The number of methoxy groups -OCH3 is 1. The quantitative estimate of drug-likeness (QED) is 0.785. The molecule has 0 fully saturated rings. The van der Waals surface area contributed by atoms with Gasteiger partial charge in [0.05, 0.1) is 13.5 Å². The average molecular weight is 289 g/mol. The van der Waals surface area contributed by atoms with Crippen LogP contribution in [0.2, 0.25) is 5.02 Å². The van der Waals surface area contributed by atoms with Gasteiger partial charge in [0.25, 0.3) is 0 Å². The molecule has 0 saturated carbocycles. The van der Waals surface area contributed by atoms with Crippen molar-refractivity contribution in [1.82, 2.24) is 0 Å². The highest BCUT2D eigenvalue weighted by atomic mass is 35.5. The Hall–Kier alpha value is -1.49. The number of ether oxygens (including phenoxy) is 1. The molecule has 0 aliphatic heterocycles. The third kappa shape index (κ3) is 2.61. The van der Waals surface area contributed by atoms with Crippen LogP contribution >= 0.6 is 11.6 Å². The Kier molecular flexibility index (Phi) is 3.58. The second-order valence-electron chi connectivity index (χ2n) is 4.45. The molecule has 0 bridgehead atoms. The maximum absolute atomic E-state index is 13.6. The molecule has 2 rings (SSSR count). The van der Waals surface area contributed by atoms with Gasteiger partial charge in [-0.05, 0) is 23.8 Å². The summed E-state index contributed by atoms with van der Waals surface area (Å²) in [5.41, 5.74) is 0.309. The van der Waals surface area contributed by atoms with Gasteiger partial charge in [-0.25, -0.2) is 0 Å². The monoisotopic (exact) mass is 288 g/mol. The summed E-state index contributed by atoms with van der Waals surface area (Å²) in [6.45, 7) is 0. The van der Waals surface area contributed by atoms with E-state index >= 15 is 0 Å². The summed E-state index contributed by atoms with van der Waals surface area (Å²) >= 11 is 5.82. The number of carbonyl (C=O) groups is 2. The van der Waals surface area contributed by atoms with Crippen LogP contribution in [0.1, 0.15) is 34.7 Å². The fraction of sp³-hybridized carbons (Fsp3) is 0.385. The molecule has 3 nitrogen and oxygen atoms in total. The van der Waals surface area contributed by atoms with Crippen molar-refractivity contribution in [3.05, 3.63) is 34.3 Å². The van der Waals surface area contributed by atoms with E-state index in [0.29, 0.717) is 10.6 Å². The molecule has 1 aliphatic rings. The van der Waals surface area contributed by atoms with E-state index in [-0.39, 0.29) is 12.0 Å². The minimum absolute atomic E-state index is 0.0745. The number of ketones is 1. The van der Waals surface area contributed by atoms with Crippen LogP contribution in [0.25, 0.3) is 0 Å². The van der Waals surface area contributed by atoms with Crippen LogP contribution in [-0.2, 0) is 9.53 Å². The van der Waals surface area contributed by atoms with E-state index in [1.165, 1.54) is 25.3 Å². The number of Topliss-reactive ketones (excluding diaryl/α,β-unsaturated/α-hetero) is 1. The lowest BCUT2D eigenvalue weighted by Gasteiger charge is -2.29. The summed E-state index contributed by atoms with van der Waals surface area (Å²) < 4.78 is 31.8. The summed E-state index contributed by atoms with van der Waals surface area (Å²) in [6, 6.07) is 4.11. The molecule has 1 aliphatic carbocycles. The summed E-state index contributed by atoms with van der Waals surface area (Å²) in [4.78, 5) is 22.9. The average Bonchev–Trinajstić information content (AvgIpc) is 2.35. The van der Waals surface area contributed by atoms with E-state index in [1.54, 1.807) is 0 Å². The molecule has 0 heterocycles. The molecule has 1 aromatic rings. The minimum Gasteiger partial charge on any atom is -0.469 e. The number of hydrogen-bond donors (Lipinski definition) is 0. The summed E-state index contributed by atoms with van der Waals surface area (Å²) in [7, 11) is 1.19. The number of alkyl halides is 2. The van der Waals surface area contributed by atoms with Gasteiger partial charge in [0, 0.05) is 22.9 Å². The van der Waals surface area contributed by atoms with Crippen molar-refractivity contribution in [2.24, 2.45) is 0 Å². The van der Waals surface area contributed by atoms with Crippen molar-refractivity contribution in [3.63, 3.8) is 0 Å². The van der Waals surface area contributed by atoms with Gasteiger partial charge in [0.15, 0.2) is 0 Å². The first kappa shape index (κ1) is 13.9. The van der Waals surface area contributed by atoms with E-state index in [4.69, 9.17) is 11.6 Å². The molecule has 0 N–H and O–H groups in total. The van der Waals surface area contributed by atoms with E-state index in [1.807, 2.05) is 0 Å². The molecule has 0 saturated heterocycles. The molecule has 0 spiro atoms. The van der Waals surface area contributed by atoms with Crippen molar-refractivity contribution < 1.29 is 23.1 Å². The smallest absolute Gasteiger partial charge is 0.310 e. The lowest BCUT2D eigenvalue weighted by molar-refractivity contribution is -0.141. The first-order chi connectivity index (χ1) is 8.85. The highest BCUT2D eigenvalue weighted by Crippen LogP contribution is 2.42.